The lowest BCUT2D eigenvalue weighted by Crippen LogP contribution is -2.17. The first kappa shape index (κ1) is 13.3. The predicted octanol–water partition coefficient (Wildman–Crippen LogP) is 1.44. The normalized spacial score (nSPS) is 23.8. The molecule has 1 saturated heterocycles. The van der Waals surface area contributed by atoms with Gasteiger partial charge < -0.3 is 9.84 Å². The van der Waals surface area contributed by atoms with E-state index in [1.54, 1.807) is 0 Å². The predicted molar refractivity (Wildman–Crippen MR) is 64.7 cm³/mol. The van der Waals surface area contributed by atoms with Crippen molar-refractivity contribution in [3.8, 4) is 5.75 Å². The molecule has 1 aromatic rings. The number of benzene rings is 1. The Kier molecular flexibility index (Phi) is 3.59. The van der Waals surface area contributed by atoms with E-state index in [4.69, 9.17) is 4.74 Å². The molecule has 0 radical (unpaired) electrons. The van der Waals surface area contributed by atoms with Crippen molar-refractivity contribution in [1.29, 1.82) is 0 Å². The molecule has 0 aliphatic carbocycles. The minimum absolute atomic E-state index is 0.0211. The zero-order valence-electron chi connectivity index (χ0n) is 9.97. The van der Waals surface area contributed by atoms with Gasteiger partial charge in [0, 0.05) is 11.6 Å². The summed E-state index contributed by atoms with van der Waals surface area (Å²) in [6.07, 6.45) is -0.861. The molecule has 4 nitrogen and oxygen atoms in total. The maximum atomic E-state index is 13.6. The van der Waals surface area contributed by atoms with Crippen molar-refractivity contribution in [3.05, 3.63) is 29.6 Å². The summed E-state index contributed by atoms with van der Waals surface area (Å²) in [5, 5.41) is 9.29. The van der Waals surface area contributed by atoms with Crippen LogP contribution in [0.25, 0.3) is 0 Å². The molecule has 1 aliphatic rings. The van der Waals surface area contributed by atoms with E-state index >= 15 is 0 Å². The van der Waals surface area contributed by atoms with E-state index in [1.165, 1.54) is 25.1 Å². The number of halogens is 1. The first-order valence-electron chi connectivity index (χ1n) is 5.72. The zero-order chi connectivity index (χ0) is 13.3. The summed E-state index contributed by atoms with van der Waals surface area (Å²) in [6.45, 7) is 1.47. The number of sulfone groups is 1. The Labute approximate surface area is 105 Å². The molecular formula is C12H15FO4S. The van der Waals surface area contributed by atoms with Crippen LogP contribution in [-0.2, 0) is 9.84 Å². The summed E-state index contributed by atoms with van der Waals surface area (Å²) in [5.41, 5.74) is 0.196. The van der Waals surface area contributed by atoms with E-state index < -0.39 is 27.9 Å². The fourth-order valence-electron chi connectivity index (χ4n) is 1.97. The van der Waals surface area contributed by atoms with E-state index in [1.807, 2.05) is 0 Å². The Morgan fingerprint density at radius 2 is 2.22 bits per heavy atom. The van der Waals surface area contributed by atoms with Gasteiger partial charge in [0.15, 0.2) is 9.84 Å². The molecule has 6 heteroatoms. The van der Waals surface area contributed by atoms with Gasteiger partial charge in [0.25, 0.3) is 0 Å². The number of aliphatic hydroxyl groups is 1. The van der Waals surface area contributed by atoms with Gasteiger partial charge in [0.1, 0.15) is 17.7 Å². The summed E-state index contributed by atoms with van der Waals surface area (Å²) in [5.74, 6) is -0.166. The largest absolute Gasteiger partial charge is 0.489 e. The molecule has 0 spiro atoms. The second kappa shape index (κ2) is 4.85. The quantitative estimate of drug-likeness (QED) is 0.906. The van der Waals surface area contributed by atoms with Crippen LogP contribution in [0.15, 0.2) is 18.2 Å². The summed E-state index contributed by atoms with van der Waals surface area (Å²) in [7, 11) is -3.01. The van der Waals surface area contributed by atoms with Crippen molar-refractivity contribution in [1.82, 2.24) is 0 Å². The van der Waals surface area contributed by atoms with Gasteiger partial charge in [-0.05, 0) is 25.5 Å². The Morgan fingerprint density at radius 3 is 2.72 bits per heavy atom. The Balaban J connectivity index is 2.09. The highest BCUT2D eigenvalue weighted by molar-refractivity contribution is 7.91. The molecule has 1 aliphatic heterocycles. The van der Waals surface area contributed by atoms with Crippen molar-refractivity contribution in [2.45, 2.75) is 25.6 Å². The number of hydrogen-bond acceptors (Lipinski definition) is 4. The Bertz CT molecular complexity index is 539. The molecule has 0 saturated carbocycles. The van der Waals surface area contributed by atoms with E-state index in [9.17, 15) is 17.9 Å². The number of ether oxygens (including phenoxy) is 1. The van der Waals surface area contributed by atoms with Gasteiger partial charge in [-0.3, -0.25) is 0 Å². The van der Waals surface area contributed by atoms with Gasteiger partial charge in [-0.25, -0.2) is 12.8 Å². The first-order valence-corrected chi connectivity index (χ1v) is 7.54. The van der Waals surface area contributed by atoms with E-state index in [2.05, 4.69) is 0 Å². The van der Waals surface area contributed by atoms with Crippen LogP contribution >= 0.6 is 0 Å². The molecule has 1 N–H and O–H groups in total. The molecular weight excluding hydrogens is 259 g/mol. The van der Waals surface area contributed by atoms with E-state index in [-0.39, 0.29) is 17.1 Å². The Hall–Kier alpha value is -1.14. The van der Waals surface area contributed by atoms with Gasteiger partial charge in [0.2, 0.25) is 0 Å². The Morgan fingerprint density at radius 1 is 1.50 bits per heavy atom. The summed E-state index contributed by atoms with van der Waals surface area (Å²) < 4.78 is 41.5. The lowest BCUT2D eigenvalue weighted by atomic mass is 10.1. The molecule has 0 bridgehead atoms. The zero-order valence-corrected chi connectivity index (χ0v) is 10.8. The van der Waals surface area contributed by atoms with Crippen LogP contribution in [0.2, 0.25) is 0 Å². The molecule has 1 heterocycles. The maximum absolute atomic E-state index is 13.6. The van der Waals surface area contributed by atoms with Gasteiger partial charge in [-0.15, -0.1) is 0 Å². The van der Waals surface area contributed by atoms with Crippen LogP contribution in [0.3, 0.4) is 0 Å². The van der Waals surface area contributed by atoms with Gasteiger partial charge in [-0.2, -0.15) is 0 Å². The van der Waals surface area contributed by atoms with Crippen molar-refractivity contribution < 1.29 is 22.7 Å². The maximum Gasteiger partial charge on any atom is 0.154 e. The average Bonchev–Trinajstić information content (AvgIpc) is 2.57. The first-order chi connectivity index (χ1) is 8.37. The third-order valence-corrected chi connectivity index (χ3v) is 4.65. The second-order valence-electron chi connectivity index (χ2n) is 4.50. The minimum atomic E-state index is -3.01. The standard InChI is InChI=1S/C12H15FO4S/c1-8(14)11-3-2-9(6-12(11)13)17-10-4-5-18(15,16)7-10/h2-3,6,8,10,14H,4-5,7H2,1H3. The fraction of sp³-hybridized carbons (Fsp3) is 0.500. The molecule has 2 unspecified atom stereocenters. The molecule has 1 aromatic carbocycles. The topological polar surface area (TPSA) is 63.6 Å². The van der Waals surface area contributed by atoms with Crippen LogP contribution < -0.4 is 4.74 Å². The smallest absolute Gasteiger partial charge is 0.154 e. The molecule has 100 valence electrons. The summed E-state index contributed by atoms with van der Waals surface area (Å²) in [6, 6.07) is 4.15. The average molecular weight is 274 g/mol. The van der Waals surface area contributed by atoms with Crippen LogP contribution in [0.5, 0.6) is 5.75 Å². The van der Waals surface area contributed by atoms with E-state index in [0.29, 0.717) is 12.2 Å². The molecule has 0 amide bonds. The lowest BCUT2D eigenvalue weighted by Gasteiger charge is -2.13. The summed E-state index contributed by atoms with van der Waals surface area (Å²) >= 11 is 0. The third kappa shape index (κ3) is 3.00. The van der Waals surface area contributed by atoms with Gasteiger partial charge in [0.05, 0.1) is 17.6 Å². The van der Waals surface area contributed by atoms with Crippen molar-refractivity contribution in [2.24, 2.45) is 0 Å². The second-order valence-corrected chi connectivity index (χ2v) is 6.73. The SMILES string of the molecule is CC(O)c1ccc(OC2CCS(=O)(=O)C2)cc1F. The van der Waals surface area contributed by atoms with Crippen molar-refractivity contribution in [3.63, 3.8) is 0 Å². The monoisotopic (exact) mass is 274 g/mol. The molecule has 18 heavy (non-hydrogen) atoms. The highest BCUT2D eigenvalue weighted by Gasteiger charge is 2.29. The number of aliphatic hydroxyl groups excluding tert-OH is 1. The van der Waals surface area contributed by atoms with Crippen LogP contribution in [0, 0.1) is 5.82 Å². The number of rotatable bonds is 3. The van der Waals surface area contributed by atoms with Gasteiger partial charge >= 0.3 is 0 Å². The molecule has 0 aromatic heterocycles. The highest BCUT2D eigenvalue weighted by Crippen LogP contribution is 2.24. The molecule has 2 atom stereocenters. The van der Waals surface area contributed by atoms with Crippen LogP contribution in [0.4, 0.5) is 4.39 Å². The van der Waals surface area contributed by atoms with Crippen LogP contribution in [0.1, 0.15) is 25.0 Å². The number of hydrogen-bond donors (Lipinski definition) is 1. The molecule has 2 rings (SSSR count). The lowest BCUT2D eigenvalue weighted by molar-refractivity contribution is 0.193. The van der Waals surface area contributed by atoms with Crippen molar-refractivity contribution >= 4 is 9.84 Å². The third-order valence-electron chi connectivity index (χ3n) is 2.92. The fourth-order valence-corrected chi connectivity index (χ4v) is 3.56. The van der Waals surface area contributed by atoms with Gasteiger partial charge in [-0.1, -0.05) is 0 Å². The highest BCUT2D eigenvalue weighted by atomic mass is 32.2. The van der Waals surface area contributed by atoms with Crippen LogP contribution in [-0.4, -0.2) is 31.1 Å². The van der Waals surface area contributed by atoms with Crippen molar-refractivity contribution in [2.75, 3.05) is 11.5 Å². The molecule has 1 fully saturated rings. The minimum Gasteiger partial charge on any atom is -0.489 e. The van der Waals surface area contributed by atoms with E-state index in [0.717, 1.165) is 0 Å². The summed E-state index contributed by atoms with van der Waals surface area (Å²) in [4.78, 5) is 0.